The van der Waals surface area contributed by atoms with Gasteiger partial charge in [-0.2, -0.15) is 0 Å². The quantitative estimate of drug-likeness (QED) is 0.603. The van der Waals surface area contributed by atoms with E-state index in [-0.39, 0.29) is 42.0 Å². The minimum Gasteiger partial charge on any atom is -0.482 e. The average Bonchev–Trinajstić information content (AvgIpc) is 3.28. The number of anilines is 1. The average molecular weight is 434 g/mol. The predicted molar refractivity (Wildman–Crippen MR) is 121 cm³/mol. The maximum absolute atomic E-state index is 12.6. The van der Waals surface area contributed by atoms with Gasteiger partial charge < -0.3 is 14.5 Å². The number of amides is 2. The minimum absolute atomic E-state index is 0.0336. The third-order valence-electron chi connectivity index (χ3n) is 5.94. The minimum atomic E-state index is -0.329. The van der Waals surface area contributed by atoms with Crippen LogP contribution in [-0.2, 0) is 23.3 Å². The molecular formula is C25H27N3O4. The largest absolute Gasteiger partial charge is 0.482 e. The van der Waals surface area contributed by atoms with Crippen molar-refractivity contribution in [1.29, 1.82) is 0 Å². The zero-order valence-corrected chi connectivity index (χ0v) is 18.6. The lowest BCUT2D eigenvalue weighted by Crippen LogP contribution is -2.38. The molecule has 0 aliphatic carbocycles. The SMILES string of the molecule is CCC(C)(C)c1ccc2c(c1)N(Cc1nc(C(=O)NCc3ccccc3)co1)C(=O)CO2. The summed E-state index contributed by atoms with van der Waals surface area (Å²) >= 11 is 0. The molecule has 2 aromatic carbocycles. The van der Waals surface area contributed by atoms with Gasteiger partial charge in [0.1, 0.15) is 18.6 Å². The lowest BCUT2D eigenvalue weighted by molar-refractivity contribution is -0.121. The van der Waals surface area contributed by atoms with E-state index < -0.39 is 0 Å². The fraction of sp³-hybridized carbons (Fsp3) is 0.320. The van der Waals surface area contributed by atoms with Crippen LogP contribution in [0, 0.1) is 0 Å². The number of ether oxygens (including phenoxy) is 1. The third kappa shape index (κ3) is 4.51. The van der Waals surface area contributed by atoms with Crippen LogP contribution < -0.4 is 15.0 Å². The Balaban J connectivity index is 1.50. The molecule has 3 aromatic rings. The standard InChI is InChI=1S/C25H27N3O4/c1-4-25(2,3)18-10-11-21-20(12-18)28(23(29)16-31-21)14-22-27-19(15-32-22)24(30)26-13-17-8-6-5-7-9-17/h5-12,15H,4,13-14,16H2,1-3H3,(H,26,30). The molecule has 0 bridgehead atoms. The lowest BCUT2D eigenvalue weighted by Gasteiger charge is -2.31. The Hall–Kier alpha value is -3.61. The monoisotopic (exact) mass is 433 g/mol. The number of oxazole rings is 1. The van der Waals surface area contributed by atoms with Crippen molar-refractivity contribution < 1.29 is 18.7 Å². The number of carbonyl (C=O) groups is 2. The summed E-state index contributed by atoms with van der Waals surface area (Å²) < 4.78 is 11.1. The second-order valence-corrected chi connectivity index (χ2v) is 8.48. The summed E-state index contributed by atoms with van der Waals surface area (Å²) in [4.78, 5) is 31.0. The topological polar surface area (TPSA) is 84.7 Å². The molecule has 32 heavy (non-hydrogen) atoms. The van der Waals surface area contributed by atoms with E-state index in [1.54, 1.807) is 4.90 Å². The number of nitrogens with one attached hydrogen (secondary N) is 1. The molecule has 0 saturated carbocycles. The van der Waals surface area contributed by atoms with Gasteiger partial charge in [-0.15, -0.1) is 0 Å². The molecule has 0 unspecified atom stereocenters. The van der Waals surface area contributed by atoms with E-state index in [0.717, 1.165) is 17.5 Å². The van der Waals surface area contributed by atoms with Crippen LogP contribution >= 0.6 is 0 Å². The van der Waals surface area contributed by atoms with Gasteiger partial charge in [-0.1, -0.05) is 57.2 Å². The van der Waals surface area contributed by atoms with Crippen LogP contribution in [0.25, 0.3) is 0 Å². The van der Waals surface area contributed by atoms with Crippen molar-refractivity contribution in [2.45, 2.75) is 45.7 Å². The summed E-state index contributed by atoms with van der Waals surface area (Å²) in [5.41, 5.74) is 2.95. The molecule has 7 heteroatoms. The molecule has 1 aliphatic rings. The Morgan fingerprint density at radius 3 is 2.72 bits per heavy atom. The zero-order valence-electron chi connectivity index (χ0n) is 18.6. The van der Waals surface area contributed by atoms with Crippen molar-refractivity contribution in [2.24, 2.45) is 0 Å². The maximum atomic E-state index is 12.6. The highest BCUT2D eigenvalue weighted by Crippen LogP contribution is 2.38. The summed E-state index contributed by atoms with van der Waals surface area (Å²) in [6.45, 7) is 6.94. The molecule has 7 nitrogen and oxygen atoms in total. The molecule has 2 heterocycles. The van der Waals surface area contributed by atoms with E-state index in [1.807, 2.05) is 48.5 Å². The van der Waals surface area contributed by atoms with Gasteiger partial charge in [0.2, 0.25) is 5.89 Å². The highest BCUT2D eigenvalue weighted by atomic mass is 16.5. The van der Waals surface area contributed by atoms with Crippen LogP contribution in [0.3, 0.4) is 0 Å². The van der Waals surface area contributed by atoms with Gasteiger partial charge in [0.05, 0.1) is 5.69 Å². The first-order chi connectivity index (χ1) is 15.4. The van der Waals surface area contributed by atoms with Crippen LogP contribution in [0.4, 0.5) is 5.69 Å². The van der Waals surface area contributed by atoms with Crippen molar-refractivity contribution in [3.8, 4) is 5.75 Å². The Bertz CT molecular complexity index is 1120. The van der Waals surface area contributed by atoms with Gasteiger partial charge >= 0.3 is 0 Å². The molecule has 0 saturated heterocycles. The van der Waals surface area contributed by atoms with E-state index in [1.165, 1.54) is 6.26 Å². The van der Waals surface area contributed by atoms with Crippen LogP contribution in [0.5, 0.6) is 5.75 Å². The summed E-state index contributed by atoms with van der Waals surface area (Å²) in [7, 11) is 0. The van der Waals surface area contributed by atoms with Crippen molar-refractivity contribution in [1.82, 2.24) is 10.3 Å². The summed E-state index contributed by atoms with van der Waals surface area (Å²) in [6.07, 6.45) is 2.28. The molecule has 0 radical (unpaired) electrons. The number of hydrogen-bond donors (Lipinski definition) is 1. The van der Waals surface area contributed by atoms with Gasteiger partial charge in [0, 0.05) is 6.54 Å². The first kappa shape index (κ1) is 21.6. The van der Waals surface area contributed by atoms with E-state index in [0.29, 0.717) is 18.0 Å². The molecule has 1 aromatic heterocycles. The van der Waals surface area contributed by atoms with Crippen molar-refractivity contribution in [3.05, 3.63) is 77.5 Å². The van der Waals surface area contributed by atoms with Crippen molar-refractivity contribution in [3.63, 3.8) is 0 Å². The van der Waals surface area contributed by atoms with Crippen molar-refractivity contribution in [2.75, 3.05) is 11.5 Å². The van der Waals surface area contributed by atoms with Gasteiger partial charge in [0.15, 0.2) is 12.3 Å². The Morgan fingerprint density at radius 1 is 1.19 bits per heavy atom. The third-order valence-corrected chi connectivity index (χ3v) is 5.94. The second kappa shape index (κ2) is 8.86. The molecule has 166 valence electrons. The molecule has 0 fully saturated rings. The smallest absolute Gasteiger partial charge is 0.273 e. The number of nitrogens with zero attached hydrogens (tertiary/aromatic N) is 2. The Kier molecular flexibility index (Phi) is 5.99. The normalized spacial score (nSPS) is 13.5. The van der Waals surface area contributed by atoms with E-state index in [4.69, 9.17) is 9.15 Å². The van der Waals surface area contributed by atoms with Crippen LogP contribution in [0.1, 0.15) is 54.7 Å². The van der Waals surface area contributed by atoms with Gasteiger partial charge in [0.25, 0.3) is 11.8 Å². The number of fused-ring (bicyclic) bond motifs is 1. The van der Waals surface area contributed by atoms with Crippen LogP contribution in [-0.4, -0.2) is 23.4 Å². The number of benzene rings is 2. The van der Waals surface area contributed by atoms with Crippen LogP contribution in [0.2, 0.25) is 0 Å². The number of rotatable bonds is 7. The van der Waals surface area contributed by atoms with Gasteiger partial charge in [-0.25, -0.2) is 4.98 Å². The maximum Gasteiger partial charge on any atom is 0.273 e. The fourth-order valence-corrected chi connectivity index (χ4v) is 3.49. The predicted octanol–water partition coefficient (Wildman–Crippen LogP) is 4.22. The summed E-state index contributed by atoms with van der Waals surface area (Å²) in [6, 6.07) is 15.6. The highest BCUT2D eigenvalue weighted by molar-refractivity contribution is 5.98. The molecule has 0 atom stereocenters. The number of aromatic nitrogens is 1. The summed E-state index contributed by atoms with van der Waals surface area (Å²) in [5.74, 6) is 0.422. The highest BCUT2D eigenvalue weighted by Gasteiger charge is 2.29. The Labute approximate surface area is 187 Å². The Morgan fingerprint density at radius 2 is 1.97 bits per heavy atom. The van der Waals surface area contributed by atoms with E-state index >= 15 is 0 Å². The number of carbonyl (C=O) groups excluding carboxylic acids is 2. The molecule has 1 N–H and O–H groups in total. The second-order valence-electron chi connectivity index (χ2n) is 8.48. The number of hydrogen-bond acceptors (Lipinski definition) is 5. The van der Waals surface area contributed by atoms with Crippen molar-refractivity contribution >= 4 is 17.5 Å². The van der Waals surface area contributed by atoms with E-state index in [2.05, 4.69) is 31.1 Å². The first-order valence-corrected chi connectivity index (χ1v) is 10.7. The molecule has 1 aliphatic heterocycles. The molecule has 2 amide bonds. The lowest BCUT2D eigenvalue weighted by atomic mass is 9.82. The van der Waals surface area contributed by atoms with Crippen LogP contribution in [0.15, 0.2) is 59.2 Å². The van der Waals surface area contributed by atoms with Gasteiger partial charge in [-0.3, -0.25) is 14.5 Å². The summed E-state index contributed by atoms with van der Waals surface area (Å²) in [5, 5.41) is 2.83. The molecular weight excluding hydrogens is 406 g/mol. The zero-order chi connectivity index (χ0) is 22.7. The molecule has 0 spiro atoms. The first-order valence-electron chi connectivity index (χ1n) is 10.7. The van der Waals surface area contributed by atoms with Gasteiger partial charge in [-0.05, 0) is 35.1 Å². The fourth-order valence-electron chi connectivity index (χ4n) is 3.49. The van der Waals surface area contributed by atoms with E-state index in [9.17, 15) is 9.59 Å². The molecule has 4 rings (SSSR count).